The lowest BCUT2D eigenvalue weighted by molar-refractivity contribution is 0.0582. The molecule has 1 atom stereocenters. The Kier molecular flexibility index (Phi) is 5.30. The molecule has 0 spiro atoms. The highest BCUT2D eigenvalue weighted by molar-refractivity contribution is 5.95. The normalized spacial score (nSPS) is 14.9. The van der Waals surface area contributed by atoms with Crippen LogP contribution in [0, 0.1) is 0 Å². The number of carbonyl (C=O) groups is 2. The van der Waals surface area contributed by atoms with E-state index < -0.39 is 23.6 Å². The number of methoxy groups -OCH3 is 1. The number of benzene rings is 2. The van der Waals surface area contributed by atoms with Crippen LogP contribution < -0.4 is 10.1 Å². The Labute approximate surface area is 172 Å². The Balaban J connectivity index is 1.67. The van der Waals surface area contributed by atoms with Gasteiger partial charge >= 0.3 is 11.9 Å². The van der Waals surface area contributed by atoms with E-state index in [1.54, 1.807) is 30.3 Å². The van der Waals surface area contributed by atoms with Crippen molar-refractivity contribution in [3.8, 4) is 11.6 Å². The second-order valence-corrected chi connectivity index (χ2v) is 6.72. The summed E-state index contributed by atoms with van der Waals surface area (Å²) in [6.45, 7) is 0. The number of carbonyl (C=O) groups excluding carboxylic acids is 2. The smallest absolute Gasteiger partial charge is 0.360 e. The first-order valence-electron chi connectivity index (χ1n) is 9.37. The van der Waals surface area contributed by atoms with E-state index >= 15 is 0 Å². The van der Waals surface area contributed by atoms with E-state index in [4.69, 9.17) is 9.47 Å². The largest absolute Gasteiger partial charge is 0.491 e. The van der Waals surface area contributed by atoms with E-state index in [0.29, 0.717) is 6.42 Å². The standard InChI is InChI=1S/C22H19N3O5/c1-29-22(28)17-18(30-21(27)14-8-3-2-4-9-14)20(26)25-19(24-17)16-12-11-13-7-5-6-10-15(13)23-16/h2-10,16,23H,11-12H2,1H3,(H,24,25,26). The number of rotatable bonds is 4. The fourth-order valence-corrected chi connectivity index (χ4v) is 3.30. The first kappa shape index (κ1) is 19.4. The summed E-state index contributed by atoms with van der Waals surface area (Å²) in [5, 5.41) is 13.8. The van der Waals surface area contributed by atoms with Gasteiger partial charge in [-0.05, 0) is 36.6 Å². The Morgan fingerprint density at radius 2 is 1.77 bits per heavy atom. The molecule has 8 heteroatoms. The predicted molar refractivity (Wildman–Crippen MR) is 108 cm³/mol. The maximum absolute atomic E-state index is 12.4. The number of hydrogen-bond acceptors (Lipinski definition) is 8. The third kappa shape index (κ3) is 3.80. The Morgan fingerprint density at radius 3 is 2.53 bits per heavy atom. The van der Waals surface area contributed by atoms with Crippen LogP contribution in [0.15, 0.2) is 54.6 Å². The molecule has 0 amide bonds. The van der Waals surface area contributed by atoms with Gasteiger partial charge in [0, 0.05) is 5.69 Å². The van der Waals surface area contributed by atoms with Gasteiger partial charge in [0.2, 0.25) is 5.75 Å². The molecular formula is C22H19N3O5. The minimum atomic E-state index is -0.846. The molecule has 2 aromatic carbocycles. The Hall–Kier alpha value is -3.94. The average molecular weight is 405 g/mol. The molecule has 2 heterocycles. The average Bonchev–Trinajstić information content (AvgIpc) is 2.79. The minimum Gasteiger partial charge on any atom is -0.491 e. The molecule has 1 aromatic heterocycles. The fourth-order valence-electron chi connectivity index (χ4n) is 3.30. The molecule has 0 saturated heterocycles. The van der Waals surface area contributed by atoms with Crippen LogP contribution in [0.5, 0.6) is 11.6 Å². The van der Waals surface area contributed by atoms with Crippen molar-refractivity contribution in [1.82, 2.24) is 9.97 Å². The second-order valence-electron chi connectivity index (χ2n) is 6.72. The van der Waals surface area contributed by atoms with Crippen LogP contribution in [0.2, 0.25) is 0 Å². The molecular weight excluding hydrogens is 386 g/mol. The van der Waals surface area contributed by atoms with Gasteiger partial charge in [-0.2, -0.15) is 4.98 Å². The van der Waals surface area contributed by atoms with Crippen molar-refractivity contribution in [2.45, 2.75) is 18.9 Å². The summed E-state index contributed by atoms with van der Waals surface area (Å²) in [6, 6.07) is 15.7. The topological polar surface area (TPSA) is 111 Å². The maximum atomic E-state index is 12.4. The van der Waals surface area contributed by atoms with Gasteiger partial charge in [-0.3, -0.25) is 0 Å². The molecule has 0 fully saturated rings. The molecule has 0 radical (unpaired) electrons. The van der Waals surface area contributed by atoms with Crippen LogP contribution in [-0.4, -0.2) is 34.1 Å². The monoisotopic (exact) mass is 405 g/mol. The number of nitrogens with one attached hydrogen (secondary N) is 1. The maximum Gasteiger partial charge on any atom is 0.360 e. The highest BCUT2D eigenvalue weighted by atomic mass is 16.6. The zero-order valence-corrected chi connectivity index (χ0v) is 16.2. The number of esters is 2. The van der Waals surface area contributed by atoms with Crippen LogP contribution in [0.4, 0.5) is 5.69 Å². The van der Waals surface area contributed by atoms with E-state index in [1.165, 1.54) is 12.7 Å². The van der Waals surface area contributed by atoms with Crippen molar-refractivity contribution in [2.75, 3.05) is 12.4 Å². The molecule has 1 aliphatic heterocycles. The number of para-hydroxylation sites is 1. The zero-order chi connectivity index (χ0) is 21.1. The third-order valence-corrected chi connectivity index (χ3v) is 4.81. The second kappa shape index (κ2) is 8.20. The van der Waals surface area contributed by atoms with Gasteiger partial charge in [-0.15, -0.1) is 0 Å². The van der Waals surface area contributed by atoms with Crippen molar-refractivity contribution in [3.05, 3.63) is 77.2 Å². The molecule has 0 bridgehead atoms. The Bertz CT molecular complexity index is 1100. The van der Waals surface area contributed by atoms with Gasteiger partial charge in [0.15, 0.2) is 11.5 Å². The van der Waals surface area contributed by atoms with Crippen LogP contribution in [0.3, 0.4) is 0 Å². The zero-order valence-electron chi connectivity index (χ0n) is 16.2. The molecule has 152 valence electrons. The summed E-state index contributed by atoms with van der Waals surface area (Å²) < 4.78 is 10.0. The molecule has 4 rings (SSSR count). The molecule has 0 aliphatic carbocycles. The molecule has 3 aromatic rings. The van der Waals surface area contributed by atoms with Gasteiger partial charge in [0.05, 0.1) is 18.7 Å². The van der Waals surface area contributed by atoms with Gasteiger partial charge in [0.25, 0.3) is 5.88 Å². The van der Waals surface area contributed by atoms with E-state index in [0.717, 1.165) is 12.1 Å². The predicted octanol–water partition coefficient (Wildman–Crippen LogP) is 3.29. The molecule has 8 nitrogen and oxygen atoms in total. The first-order valence-corrected chi connectivity index (χ1v) is 9.37. The Morgan fingerprint density at radius 1 is 1.03 bits per heavy atom. The van der Waals surface area contributed by atoms with E-state index in [2.05, 4.69) is 15.3 Å². The molecule has 0 saturated carbocycles. The number of aromatic nitrogens is 2. The highest BCUT2D eigenvalue weighted by Gasteiger charge is 2.29. The number of aryl methyl sites for hydroxylation is 1. The lowest BCUT2D eigenvalue weighted by atomic mass is 9.97. The number of ether oxygens (including phenoxy) is 2. The number of fused-ring (bicyclic) bond motifs is 1. The summed E-state index contributed by atoms with van der Waals surface area (Å²) in [4.78, 5) is 33.1. The SMILES string of the molecule is COC(=O)c1nc(C2CCc3ccccc3N2)nc(O)c1OC(=O)c1ccccc1. The van der Waals surface area contributed by atoms with Crippen molar-refractivity contribution >= 4 is 17.6 Å². The van der Waals surface area contributed by atoms with Crippen molar-refractivity contribution < 1.29 is 24.2 Å². The van der Waals surface area contributed by atoms with Crippen LogP contribution in [-0.2, 0) is 11.2 Å². The minimum absolute atomic E-state index is 0.210. The summed E-state index contributed by atoms with van der Waals surface area (Å²) >= 11 is 0. The summed E-state index contributed by atoms with van der Waals surface area (Å²) in [5.41, 5.74) is 2.04. The van der Waals surface area contributed by atoms with Gasteiger partial charge in [-0.25, -0.2) is 14.6 Å². The summed E-state index contributed by atoms with van der Waals surface area (Å²) in [5.74, 6) is -2.43. The summed E-state index contributed by atoms with van der Waals surface area (Å²) in [6.07, 6.45) is 1.45. The quantitative estimate of drug-likeness (QED) is 0.636. The number of hydrogen-bond donors (Lipinski definition) is 2. The van der Waals surface area contributed by atoms with E-state index in [-0.39, 0.29) is 23.1 Å². The van der Waals surface area contributed by atoms with Crippen molar-refractivity contribution in [1.29, 1.82) is 0 Å². The van der Waals surface area contributed by atoms with E-state index in [9.17, 15) is 14.7 Å². The van der Waals surface area contributed by atoms with Crippen LogP contribution in [0.1, 0.15) is 44.7 Å². The lowest BCUT2D eigenvalue weighted by Gasteiger charge is -2.26. The number of anilines is 1. The third-order valence-electron chi connectivity index (χ3n) is 4.81. The summed E-state index contributed by atoms with van der Waals surface area (Å²) in [7, 11) is 1.18. The molecule has 1 unspecified atom stereocenters. The van der Waals surface area contributed by atoms with Gasteiger partial charge in [-0.1, -0.05) is 36.4 Å². The van der Waals surface area contributed by atoms with Gasteiger partial charge < -0.3 is 19.9 Å². The van der Waals surface area contributed by atoms with Gasteiger partial charge in [0.1, 0.15) is 0 Å². The number of nitrogens with zero attached hydrogens (tertiary/aromatic N) is 2. The van der Waals surface area contributed by atoms with Crippen molar-refractivity contribution in [2.24, 2.45) is 0 Å². The van der Waals surface area contributed by atoms with Crippen LogP contribution >= 0.6 is 0 Å². The highest BCUT2D eigenvalue weighted by Crippen LogP contribution is 2.35. The van der Waals surface area contributed by atoms with Crippen LogP contribution in [0.25, 0.3) is 0 Å². The van der Waals surface area contributed by atoms with Crippen molar-refractivity contribution in [3.63, 3.8) is 0 Å². The molecule has 2 N–H and O–H groups in total. The fraction of sp³-hybridized carbons (Fsp3) is 0.182. The molecule has 30 heavy (non-hydrogen) atoms. The molecule has 1 aliphatic rings. The first-order chi connectivity index (χ1) is 14.6. The lowest BCUT2D eigenvalue weighted by Crippen LogP contribution is -2.22. The number of aromatic hydroxyl groups is 1. The van der Waals surface area contributed by atoms with E-state index in [1.807, 2.05) is 24.3 Å².